The molecule has 0 aromatic carbocycles. The number of amides is 2. The third kappa shape index (κ3) is 3.63. The van der Waals surface area contributed by atoms with Gasteiger partial charge in [0.15, 0.2) is 11.0 Å². The highest BCUT2D eigenvalue weighted by Crippen LogP contribution is 2.13. The Morgan fingerprint density at radius 3 is 2.43 bits per heavy atom. The van der Waals surface area contributed by atoms with E-state index in [9.17, 15) is 9.59 Å². The SMILES string of the molecule is CN1C(=O)C(C=NCC[NH+]2CC[NH2+]CC2)C(=O)N(C)C1=S. The first-order valence-corrected chi connectivity index (χ1v) is 7.67. The molecule has 2 aliphatic heterocycles. The molecule has 0 radical (unpaired) electrons. The average Bonchev–Trinajstić information content (AvgIpc) is 2.51. The van der Waals surface area contributed by atoms with Crippen molar-refractivity contribution in [3.8, 4) is 0 Å². The summed E-state index contributed by atoms with van der Waals surface area (Å²) in [5.41, 5.74) is 0. The monoisotopic (exact) mass is 313 g/mol. The number of carbonyl (C=O) groups is 2. The third-order valence-electron chi connectivity index (χ3n) is 4.02. The number of aliphatic imine (C=N–C) groups is 1. The van der Waals surface area contributed by atoms with E-state index in [2.05, 4.69) is 10.3 Å². The van der Waals surface area contributed by atoms with E-state index in [0.717, 1.165) is 32.7 Å². The van der Waals surface area contributed by atoms with Crippen molar-refractivity contribution in [2.45, 2.75) is 0 Å². The molecule has 116 valence electrons. The number of piperazine rings is 1. The summed E-state index contributed by atoms with van der Waals surface area (Å²) in [5, 5.41) is 2.56. The van der Waals surface area contributed by atoms with Gasteiger partial charge in [0.25, 0.3) is 0 Å². The Morgan fingerprint density at radius 1 is 1.29 bits per heavy atom. The van der Waals surface area contributed by atoms with Crippen molar-refractivity contribution < 1.29 is 19.8 Å². The van der Waals surface area contributed by atoms with E-state index in [0.29, 0.717) is 6.54 Å². The molecule has 8 heteroatoms. The molecule has 2 rings (SSSR count). The summed E-state index contributed by atoms with van der Waals surface area (Å²) < 4.78 is 0. The van der Waals surface area contributed by atoms with Crippen LogP contribution in [0.25, 0.3) is 0 Å². The molecule has 0 atom stereocenters. The van der Waals surface area contributed by atoms with E-state index in [1.165, 1.54) is 20.9 Å². The van der Waals surface area contributed by atoms with Gasteiger partial charge in [-0.1, -0.05) is 0 Å². The summed E-state index contributed by atoms with van der Waals surface area (Å²) in [5.74, 6) is -1.44. The summed E-state index contributed by atoms with van der Waals surface area (Å²) in [6.45, 7) is 6.21. The van der Waals surface area contributed by atoms with E-state index in [-0.39, 0.29) is 16.9 Å². The molecule has 2 aliphatic rings. The fraction of sp³-hybridized carbons (Fsp3) is 0.692. The second-order valence-corrected chi connectivity index (χ2v) is 5.84. The Labute approximate surface area is 130 Å². The van der Waals surface area contributed by atoms with E-state index in [1.807, 2.05) is 0 Å². The number of nitrogens with two attached hydrogens (primary N) is 1. The highest BCUT2D eigenvalue weighted by molar-refractivity contribution is 7.80. The molecule has 0 aromatic heterocycles. The first-order chi connectivity index (χ1) is 10.0. The van der Waals surface area contributed by atoms with Gasteiger partial charge in [0, 0.05) is 20.3 Å². The molecule has 3 N–H and O–H groups in total. The van der Waals surface area contributed by atoms with E-state index < -0.39 is 5.92 Å². The largest absolute Gasteiger partial charge is 0.337 e. The second kappa shape index (κ2) is 7.06. The zero-order chi connectivity index (χ0) is 15.4. The minimum atomic E-state index is -0.837. The van der Waals surface area contributed by atoms with Crippen LogP contribution >= 0.6 is 12.2 Å². The number of quaternary nitrogens is 2. The number of carbonyl (C=O) groups excluding carboxylic acids is 2. The predicted octanol–water partition coefficient (Wildman–Crippen LogP) is -3.65. The van der Waals surface area contributed by atoms with Gasteiger partial charge in [-0.2, -0.15) is 0 Å². The van der Waals surface area contributed by atoms with Gasteiger partial charge < -0.3 is 10.2 Å². The topological polar surface area (TPSA) is 74.0 Å². The van der Waals surface area contributed by atoms with Gasteiger partial charge in [0.05, 0.1) is 13.1 Å². The van der Waals surface area contributed by atoms with Crippen LogP contribution in [0.3, 0.4) is 0 Å². The van der Waals surface area contributed by atoms with Crippen molar-refractivity contribution >= 4 is 35.4 Å². The number of hydrogen-bond donors (Lipinski definition) is 2. The quantitative estimate of drug-likeness (QED) is 0.319. The molecule has 7 nitrogen and oxygen atoms in total. The van der Waals surface area contributed by atoms with Crippen LogP contribution in [0, 0.1) is 5.92 Å². The number of nitrogens with zero attached hydrogens (tertiary/aromatic N) is 3. The maximum atomic E-state index is 12.1. The summed E-state index contributed by atoms with van der Waals surface area (Å²) in [7, 11) is 3.17. The highest BCUT2D eigenvalue weighted by Gasteiger charge is 2.39. The average molecular weight is 313 g/mol. The van der Waals surface area contributed by atoms with Crippen LogP contribution in [0.2, 0.25) is 0 Å². The predicted molar refractivity (Wildman–Crippen MR) is 82.2 cm³/mol. The maximum absolute atomic E-state index is 12.1. The van der Waals surface area contributed by atoms with Crippen LogP contribution in [0.4, 0.5) is 0 Å². The van der Waals surface area contributed by atoms with E-state index in [4.69, 9.17) is 12.2 Å². The van der Waals surface area contributed by atoms with Crippen molar-refractivity contribution in [1.29, 1.82) is 0 Å². The van der Waals surface area contributed by atoms with Crippen molar-refractivity contribution in [2.75, 3.05) is 53.4 Å². The lowest BCUT2D eigenvalue weighted by Crippen LogP contribution is -3.20. The molecule has 21 heavy (non-hydrogen) atoms. The molecule has 0 saturated carbocycles. The number of nitrogens with one attached hydrogen (secondary N) is 1. The Bertz CT molecular complexity index is 437. The van der Waals surface area contributed by atoms with Gasteiger partial charge in [-0.05, 0) is 12.2 Å². The molecule has 0 bridgehead atoms. The zero-order valence-corrected chi connectivity index (χ0v) is 13.4. The summed E-state index contributed by atoms with van der Waals surface area (Å²) >= 11 is 5.04. The Kier molecular flexibility index (Phi) is 5.38. The van der Waals surface area contributed by atoms with Gasteiger partial charge in [-0.15, -0.1) is 0 Å². The van der Waals surface area contributed by atoms with Crippen molar-refractivity contribution in [3.05, 3.63) is 0 Å². The van der Waals surface area contributed by atoms with Crippen molar-refractivity contribution in [1.82, 2.24) is 9.80 Å². The number of rotatable bonds is 4. The smallest absolute Gasteiger partial charge is 0.246 e. The van der Waals surface area contributed by atoms with Crippen LogP contribution < -0.4 is 10.2 Å². The van der Waals surface area contributed by atoms with Gasteiger partial charge in [-0.25, -0.2) is 0 Å². The van der Waals surface area contributed by atoms with Gasteiger partial charge in [0.1, 0.15) is 26.2 Å². The molecule has 0 aliphatic carbocycles. The molecule has 2 amide bonds. The molecular weight excluding hydrogens is 290 g/mol. The lowest BCUT2D eigenvalue weighted by atomic mass is 10.1. The Morgan fingerprint density at radius 2 is 1.86 bits per heavy atom. The molecule has 2 heterocycles. The number of hydrogen-bond acceptors (Lipinski definition) is 4. The summed E-state index contributed by atoms with van der Waals surface area (Å²) in [6.07, 6.45) is 1.48. The van der Waals surface area contributed by atoms with Crippen LogP contribution in [0.5, 0.6) is 0 Å². The minimum Gasteiger partial charge on any atom is -0.337 e. The minimum absolute atomic E-state index is 0.240. The molecule has 2 fully saturated rings. The standard InChI is InChI=1S/C13H21N5O2S/c1-16-11(19)10(12(20)17(2)13(16)21)9-15-5-8-18-6-3-14-4-7-18/h9-10,14H,3-8H2,1-2H3/p+2. The third-order valence-corrected chi connectivity index (χ3v) is 4.57. The second-order valence-electron chi connectivity index (χ2n) is 5.48. The first-order valence-electron chi connectivity index (χ1n) is 7.26. The van der Waals surface area contributed by atoms with E-state index >= 15 is 0 Å². The molecule has 2 saturated heterocycles. The van der Waals surface area contributed by atoms with E-state index in [1.54, 1.807) is 14.1 Å². The molecular formula is C13H23N5O2S+2. The highest BCUT2D eigenvalue weighted by atomic mass is 32.1. The van der Waals surface area contributed by atoms with Gasteiger partial charge >= 0.3 is 0 Å². The van der Waals surface area contributed by atoms with Crippen LogP contribution in [0.15, 0.2) is 4.99 Å². The molecule has 0 spiro atoms. The Balaban J connectivity index is 1.88. The van der Waals surface area contributed by atoms with Gasteiger partial charge in [0.2, 0.25) is 11.8 Å². The van der Waals surface area contributed by atoms with Crippen molar-refractivity contribution in [3.63, 3.8) is 0 Å². The van der Waals surface area contributed by atoms with Crippen LogP contribution in [0.1, 0.15) is 0 Å². The van der Waals surface area contributed by atoms with Crippen LogP contribution in [-0.4, -0.2) is 86.3 Å². The maximum Gasteiger partial charge on any atom is 0.246 e. The summed E-state index contributed by atoms with van der Waals surface area (Å²) in [4.78, 5) is 32.6. The van der Waals surface area contributed by atoms with Crippen LogP contribution in [-0.2, 0) is 9.59 Å². The lowest BCUT2D eigenvalue weighted by Gasteiger charge is -2.33. The lowest BCUT2D eigenvalue weighted by molar-refractivity contribution is -0.945. The molecule has 0 unspecified atom stereocenters. The molecule has 0 aromatic rings. The first kappa shape index (κ1) is 16.0. The van der Waals surface area contributed by atoms with Gasteiger partial charge in [-0.3, -0.25) is 24.4 Å². The summed E-state index contributed by atoms with van der Waals surface area (Å²) in [6, 6.07) is 0. The fourth-order valence-electron chi connectivity index (χ4n) is 2.60. The van der Waals surface area contributed by atoms with Crippen molar-refractivity contribution in [2.24, 2.45) is 10.9 Å². The zero-order valence-electron chi connectivity index (χ0n) is 12.5. The normalized spacial score (nSPS) is 22.7. The fourth-order valence-corrected chi connectivity index (χ4v) is 2.78. The Hall–Kier alpha value is -1.38. The number of thiocarbonyl (C=S) groups is 1.